The molecular weight excluding hydrogens is 520 g/mol. The molecule has 0 saturated carbocycles. The van der Waals surface area contributed by atoms with Crippen molar-refractivity contribution < 1.29 is 9.59 Å². The number of aryl methyl sites for hydroxylation is 2. The lowest BCUT2D eigenvalue weighted by molar-refractivity contribution is 0.0704. The number of anilines is 1. The molecule has 5 rings (SSSR count). The molecule has 1 saturated heterocycles. The second kappa shape index (κ2) is 11.3. The number of fused-ring (bicyclic) bond motifs is 1. The number of carbonyl (C=O) groups excluding carboxylic acids is 2. The number of nitriles is 1. The van der Waals surface area contributed by atoms with Crippen LogP contribution in [0.25, 0.3) is 5.65 Å². The minimum atomic E-state index is -0.258. The molecule has 0 bridgehead atoms. The van der Waals surface area contributed by atoms with Gasteiger partial charge in [-0.3, -0.25) is 9.59 Å². The lowest BCUT2D eigenvalue weighted by Crippen LogP contribution is -2.39. The SMILES string of the molecule is Cc1cc2nnc(C(=O)N3CCC(c4nc(C(=O)Nc5ccccc5SCCC#N)cs4)CC3)c(C)n2n1. The third-order valence-corrected chi connectivity index (χ3v) is 8.50. The number of hydrogen-bond donors (Lipinski definition) is 1. The van der Waals surface area contributed by atoms with Crippen molar-refractivity contribution in [1.29, 1.82) is 5.26 Å². The number of rotatable bonds is 7. The quantitative estimate of drug-likeness (QED) is 0.265. The largest absolute Gasteiger partial charge is 0.337 e. The molecule has 0 radical (unpaired) electrons. The molecule has 0 aliphatic carbocycles. The van der Waals surface area contributed by atoms with Gasteiger partial charge in [-0.2, -0.15) is 10.4 Å². The van der Waals surface area contributed by atoms with Gasteiger partial charge in [-0.1, -0.05) is 12.1 Å². The van der Waals surface area contributed by atoms with Crippen LogP contribution in [0.15, 0.2) is 40.6 Å². The minimum absolute atomic E-state index is 0.144. The molecule has 0 atom stereocenters. The van der Waals surface area contributed by atoms with E-state index in [9.17, 15) is 9.59 Å². The second-order valence-corrected chi connectivity index (χ2v) is 11.1. The minimum Gasteiger partial charge on any atom is -0.337 e. The first-order valence-corrected chi connectivity index (χ1v) is 14.2. The van der Waals surface area contributed by atoms with Crippen molar-refractivity contribution in [2.24, 2.45) is 0 Å². The van der Waals surface area contributed by atoms with E-state index in [1.165, 1.54) is 23.1 Å². The van der Waals surface area contributed by atoms with Gasteiger partial charge in [-0.15, -0.1) is 33.3 Å². The number of para-hydroxylation sites is 1. The van der Waals surface area contributed by atoms with Crippen LogP contribution in [0.4, 0.5) is 5.69 Å². The Morgan fingerprint density at radius 1 is 1.21 bits per heavy atom. The molecule has 1 aliphatic rings. The number of benzene rings is 1. The van der Waals surface area contributed by atoms with Crippen LogP contribution in [-0.4, -0.2) is 60.4 Å². The fraction of sp³-hybridized carbons (Fsp3) is 0.346. The average Bonchev–Trinajstić information content (AvgIpc) is 3.57. The standard InChI is InChI=1S/C26H26N8O2S2/c1-16-14-22-30-31-23(17(2)34(22)32-16)26(36)33-11-8-18(9-12-33)25-29-20(15-38-25)24(35)28-19-6-3-4-7-21(19)37-13-5-10-27/h3-4,6-7,14-15,18H,5,8-9,11-13H2,1-2H3,(H,28,35). The zero-order chi connectivity index (χ0) is 26.6. The Kier molecular flexibility index (Phi) is 7.67. The number of nitrogens with zero attached hydrogens (tertiary/aromatic N) is 7. The van der Waals surface area contributed by atoms with Crippen LogP contribution >= 0.6 is 23.1 Å². The van der Waals surface area contributed by atoms with Gasteiger partial charge in [0.25, 0.3) is 11.8 Å². The first-order valence-electron chi connectivity index (χ1n) is 12.3. The maximum atomic E-state index is 13.2. The van der Waals surface area contributed by atoms with Crippen molar-refractivity contribution in [3.8, 4) is 6.07 Å². The Balaban J connectivity index is 1.20. The maximum absolute atomic E-state index is 13.2. The molecule has 1 aromatic carbocycles. The summed E-state index contributed by atoms with van der Waals surface area (Å²) >= 11 is 3.02. The summed E-state index contributed by atoms with van der Waals surface area (Å²) in [6, 6.07) is 11.5. The molecule has 0 unspecified atom stereocenters. The van der Waals surface area contributed by atoms with Gasteiger partial charge in [0.15, 0.2) is 11.3 Å². The topological polar surface area (TPSA) is 129 Å². The van der Waals surface area contributed by atoms with E-state index in [-0.39, 0.29) is 17.7 Å². The number of nitrogens with one attached hydrogen (secondary N) is 1. The Labute approximate surface area is 228 Å². The van der Waals surface area contributed by atoms with E-state index in [2.05, 4.69) is 31.7 Å². The van der Waals surface area contributed by atoms with Crippen molar-refractivity contribution >= 4 is 46.2 Å². The number of aromatic nitrogens is 5. The van der Waals surface area contributed by atoms with E-state index < -0.39 is 0 Å². The molecule has 1 aliphatic heterocycles. The zero-order valence-electron chi connectivity index (χ0n) is 21.0. The molecule has 38 heavy (non-hydrogen) atoms. The Morgan fingerprint density at radius 3 is 2.79 bits per heavy atom. The lowest BCUT2D eigenvalue weighted by atomic mass is 9.97. The van der Waals surface area contributed by atoms with E-state index in [0.29, 0.717) is 53.7 Å². The number of hydrogen-bond acceptors (Lipinski definition) is 9. The summed E-state index contributed by atoms with van der Waals surface area (Å²) in [5.74, 6) is 0.443. The summed E-state index contributed by atoms with van der Waals surface area (Å²) in [6.07, 6.45) is 1.96. The van der Waals surface area contributed by atoms with Crippen LogP contribution in [0, 0.1) is 25.2 Å². The van der Waals surface area contributed by atoms with E-state index in [4.69, 9.17) is 5.26 Å². The molecule has 1 N–H and O–H groups in total. The molecule has 1 fully saturated rings. The van der Waals surface area contributed by atoms with Crippen molar-refractivity contribution in [2.75, 3.05) is 24.2 Å². The summed E-state index contributed by atoms with van der Waals surface area (Å²) in [6.45, 7) is 4.87. The highest BCUT2D eigenvalue weighted by atomic mass is 32.2. The highest BCUT2D eigenvalue weighted by Crippen LogP contribution is 2.32. The molecule has 3 aromatic heterocycles. The van der Waals surface area contributed by atoms with Gasteiger partial charge in [0.1, 0.15) is 5.69 Å². The van der Waals surface area contributed by atoms with Gasteiger partial charge in [-0.25, -0.2) is 9.50 Å². The number of piperidine rings is 1. The van der Waals surface area contributed by atoms with Crippen LogP contribution in [0.5, 0.6) is 0 Å². The third-order valence-electron chi connectivity index (χ3n) is 6.42. The molecule has 4 heterocycles. The average molecular weight is 547 g/mol. The van der Waals surface area contributed by atoms with Crippen LogP contribution in [-0.2, 0) is 0 Å². The molecule has 12 heteroatoms. The van der Waals surface area contributed by atoms with E-state index in [0.717, 1.165) is 28.4 Å². The molecule has 2 amide bonds. The molecular formula is C26H26N8O2S2. The van der Waals surface area contributed by atoms with Crippen molar-refractivity contribution in [3.05, 3.63) is 63.5 Å². The molecule has 10 nitrogen and oxygen atoms in total. The molecule has 4 aromatic rings. The van der Waals surface area contributed by atoms with Crippen molar-refractivity contribution in [3.63, 3.8) is 0 Å². The van der Waals surface area contributed by atoms with Crippen molar-refractivity contribution in [1.82, 2.24) is 29.7 Å². The first-order chi connectivity index (χ1) is 18.4. The number of thiazole rings is 1. The predicted octanol–water partition coefficient (Wildman–Crippen LogP) is 4.48. The zero-order valence-corrected chi connectivity index (χ0v) is 22.7. The first kappa shape index (κ1) is 25.8. The predicted molar refractivity (Wildman–Crippen MR) is 146 cm³/mol. The lowest BCUT2D eigenvalue weighted by Gasteiger charge is -2.31. The van der Waals surface area contributed by atoms with Crippen LogP contribution in [0.2, 0.25) is 0 Å². The maximum Gasteiger partial charge on any atom is 0.276 e. The van der Waals surface area contributed by atoms with Crippen molar-refractivity contribution in [2.45, 2.75) is 43.9 Å². The summed E-state index contributed by atoms with van der Waals surface area (Å²) in [5, 5.41) is 27.2. The fourth-order valence-electron chi connectivity index (χ4n) is 4.42. The number of thioether (sulfide) groups is 1. The van der Waals surface area contributed by atoms with E-state index in [1.54, 1.807) is 14.8 Å². The smallest absolute Gasteiger partial charge is 0.276 e. The van der Waals surface area contributed by atoms with Gasteiger partial charge in [0.2, 0.25) is 0 Å². The highest BCUT2D eigenvalue weighted by molar-refractivity contribution is 7.99. The van der Waals surface area contributed by atoms with Gasteiger partial charge < -0.3 is 10.2 Å². The summed E-state index contributed by atoms with van der Waals surface area (Å²) in [4.78, 5) is 33.5. The van der Waals surface area contributed by atoms with Crippen LogP contribution in [0.1, 0.15) is 62.6 Å². The monoisotopic (exact) mass is 546 g/mol. The molecule has 0 spiro atoms. The Hall–Kier alpha value is -3.82. The second-order valence-electron chi connectivity index (χ2n) is 9.03. The van der Waals surface area contributed by atoms with E-state index in [1.807, 2.05) is 44.2 Å². The summed E-state index contributed by atoms with van der Waals surface area (Å²) < 4.78 is 1.66. The van der Waals surface area contributed by atoms with Crippen LogP contribution < -0.4 is 5.32 Å². The highest BCUT2D eigenvalue weighted by Gasteiger charge is 2.29. The van der Waals surface area contributed by atoms with Gasteiger partial charge in [-0.05, 0) is 38.8 Å². The number of likely N-dealkylation sites (tertiary alicyclic amines) is 1. The third kappa shape index (κ3) is 5.39. The van der Waals surface area contributed by atoms with Gasteiger partial charge in [0.05, 0.1) is 28.2 Å². The summed E-state index contributed by atoms with van der Waals surface area (Å²) in [7, 11) is 0. The Bertz CT molecular complexity index is 1530. The van der Waals surface area contributed by atoms with E-state index >= 15 is 0 Å². The Morgan fingerprint density at radius 2 is 2.00 bits per heavy atom. The number of amides is 2. The molecule has 194 valence electrons. The number of carbonyl (C=O) groups is 2. The fourth-order valence-corrected chi connectivity index (χ4v) is 6.26. The van der Waals surface area contributed by atoms with Gasteiger partial charge in [0, 0.05) is 47.5 Å². The van der Waals surface area contributed by atoms with Crippen LogP contribution in [0.3, 0.4) is 0 Å². The normalized spacial score (nSPS) is 14.0. The van der Waals surface area contributed by atoms with Gasteiger partial charge >= 0.3 is 0 Å². The summed E-state index contributed by atoms with van der Waals surface area (Å²) in [5.41, 5.74) is 3.54.